The predicted molar refractivity (Wildman–Crippen MR) is 123 cm³/mol. The van der Waals surface area contributed by atoms with E-state index in [0.717, 1.165) is 0 Å². The van der Waals surface area contributed by atoms with Crippen LogP contribution in [-0.4, -0.2) is 45.6 Å². The molecule has 0 radical (unpaired) electrons. The second-order valence-corrected chi connectivity index (χ2v) is 8.48. The van der Waals surface area contributed by atoms with Crippen molar-refractivity contribution in [2.24, 2.45) is 5.92 Å². The first-order chi connectivity index (χ1) is 16.5. The van der Waals surface area contributed by atoms with E-state index in [1.54, 1.807) is 6.92 Å². The molecular formula is C23H28F3N5O4. The quantitative estimate of drug-likeness (QED) is 0.402. The Morgan fingerprint density at radius 3 is 2.63 bits per heavy atom. The van der Waals surface area contributed by atoms with E-state index in [9.17, 15) is 27.9 Å². The molecule has 1 amide bonds. The third-order valence-electron chi connectivity index (χ3n) is 5.47. The lowest BCUT2D eigenvalue weighted by Crippen LogP contribution is -2.41. The van der Waals surface area contributed by atoms with Crippen molar-refractivity contribution in [2.45, 2.75) is 58.3 Å². The molecule has 190 valence electrons. The number of carbonyl (C=O) groups is 2. The van der Waals surface area contributed by atoms with Gasteiger partial charge in [0, 0.05) is 30.0 Å². The molecule has 4 N–H and O–H groups in total. The van der Waals surface area contributed by atoms with Gasteiger partial charge < -0.3 is 25.8 Å². The molecule has 1 aromatic carbocycles. The van der Waals surface area contributed by atoms with Gasteiger partial charge in [-0.05, 0) is 45.7 Å². The van der Waals surface area contributed by atoms with E-state index in [4.69, 9.17) is 4.74 Å². The SMILES string of the molecule is CCOc1cc(Nc2ncc(C(F)(F)F)c(N[C@@H]3CCC[C@@H]3C(=O)NC(C)C)n2)ccc1C(=O)O. The standard InChI is InChI=1S/C23H28F3N5O4/c1-4-35-18-10-13(8-9-15(18)21(33)34)29-22-27-11-16(23(24,25)26)19(31-22)30-17-7-5-6-14(17)20(32)28-12(2)3/h8-12,14,17H,4-7H2,1-3H3,(H,28,32)(H,33,34)(H2,27,29,30,31)/t14-,17+/m0/s1. The number of benzene rings is 1. The van der Waals surface area contributed by atoms with Crippen LogP contribution in [0.1, 0.15) is 56.0 Å². The van der Waals surface area contributed by atoms with Crippen LogP contribution < -0.4 is 20.7 Å². The van der Waals surface area contributed by atoms with E-state index in [-0.39, 0.29) is 35.8 Å². The fourth-order valence-electron chi connectivity index (χ4n) is 3.95. The van der Waals surface area contributed by atoms with Crippen LogP contribution in [0.2, 0.25) is 0 Å². The molecule has 1 fully saturated rings. The molecule has 2 atom stereocenters. The van der Waals surface area contributed by atoms with E-state index in [0.29, 0.717) is 31.1 Å². The van der Waals surface area contributed by atoms with Gasteiger partial charge >= 0.3 is 12.1 Å². The minimum atomic E-state index is -4.71. The van der Waals surface area contributed by atoms with Gasteiger partial charge in [-0.15, -0.1) is 0 Å². The molecule has 35 heavy (non-hydrogen) atoms. The van der Waals surface area contributed by atoms with E-state index >= 15 is 0 Å². The average Bonchev–Trinajstić information content (AvgIpc) is 3.21. The van der Waals surface area contributed by atoms with Gasteiger partial charge in [-0.1, -0.05) is 6.42 Å². The molecule has 0 saturated heterocycles. The van der Waals surface area contributed by atoms with Crippen LogP contribution in [0.3, 0.4) is 0 Å². The zero-order chi connectivity index (χ0) is 25.8. The zero-order valence-corrected chi connectivity index (χ0v) is 19.6. The highest BCUT2D eigenvalue weighted by molar-refractivity contribution is 5.91. The molecule has 12 heteroatoms. The Hall–Kier alpha value is -3.57. The second-order valence-electron chi connectivity index (χ2n) is 8.48. The number of aromatic nitrogens is 2. The van der Waals surface area contributed by atoms with Crippen LogP contribution in [0, 0.1) is 5.92 Å². The Bertz CT molecular complexity index is 1080. The molecule has 0 aliphatic heterocycles. The summed E-state index contributed by atoms with van der Waals surface area (Å²) in [5.41, 5.74) is -0.770. The molecule has 1 heterocycles. The number of alkyl halides is 3. The van der Waals surface area contributed by atoms with Crippen LogP contribution in [0.15, 0.2) is 24.4 Å². The van der Waals surface area contributed by atoms with Crippen molar-refractivity contribution in [1.82, 2.24) is 15.3 Å². The first-order valence-electron chi connectivity index (χ1n) is 11.3. The molecule has 0 unspecified atom stereocenters. The number of ether oxygens (including phenoxy) is 1. The van der Waals surface area contributed by atoms with Crippen LogP contribution in [0.25, 0.3) is 0 Å². The molecule has 1 saturated carbocycles. The molecule has 1 aromatic heterocycles. The molecule has 1 aliphatic carbocycles. The lowest BCUT2D eigenvalue weighted by molar-refractivity contribution is -0.137. The number of carboxylic acids is 1. The molecule has 1 aliphatic rings. The lowest BCUT2D eigenvalue weighted by Gasteiger charge is -2.24. The topological polar surface area (TPSA) is 125 Å². The fraction of sp³-hybridized carbons (Fsp3) is 0.478. The summed E-state index contributed by atoms with van der Waals surface area (Å²) in [6, 6.07) is 3.55. The molecule has 0 bridgehead atoms. The van der Waals surface area contributed by atoms with Crippen LogP contribution in [-0.2, 0) is 11.0 Å². The number of carbonyl (C=O) groups excluding carboxylic acids is 1. The van der Waals surface area contributed by atoms with E-state index in [1.165, 1.54) is 18.2 Å². The van der Waals surface area contributed by atoms with Crippen molar-refractivity contribution in [3.63, 3.8) is 0 Å². The number of rotatable bonds is 9. The number of halogens is 3. The molecule has 2 aromatic rings. The van der Waals surface area contributed by atoms with Crippen molar-refractivity contribution in [3.8, 4) is 5.75 Å². The van der Waals surface area contributed by atoms with E-state index < -0.39 is 35.5 Å². The number of amides is 1. The summed E-state index contributed by atoms with van der Waals surface area (Å²) < 4.78 is 46.4. The van der Waals surface area contributed by atoms with Crippen LogP contribution in [0.5, 0.6) is 5.75 Å². The summed E-state index contributed by atoms with van der Waals surface area (Å²) in [6.07, 6.45) is -2.26. The van der Waals surface area contributed by atoms with Gasteiger partial charge in [-0.25, -0.2) is 9.78 Å². The summed E-state index contributed by atoms with van der Waals surface area (Å²) in [4.78, 5) is 31.7. The van der Waals surface area contributed by atoms with Gasteiger partial charge in [-0.3, -0.25) is 4.79 Å². The average molecular weight is 496 g/mol. The number of hydrogen-bond acceptors (Lipinski definition) is 7. The Morgan fingerprint density at radius 1 is 1.26 bits per heavy atom. The first kappa shape index (κ1) is 26.0. The second kappa shape index (κ2) is 10.8. The maximum absolute atomic E-state index is 13.7. The van der Waals surface area contributed by atoms with Crippen molar-refractivity contribution in [3.05, 3.63) is 35.5 Å². The maximum atomic E-state index is 13.7. The monoisotopic (exact) mass is 495 g/mol. The van der Waals surface area contributed by atoms with Gasteiger partial charge in [0.05, 0.1) is 12.5 Å². The summed E-state index contributed by atoms with van der Waals surface area (Å²) in [7, 11) is 0. The number of carboxylic acid groups (broad SMARTS) is 1. The number of hydrogen-bond donors (Lipinski definition) is 4. The van der Waals surface area contributed by atoms with Gasteiger partial charge in [0.15, 0.2) is 0 Å². The Labute approximate surface area is 200 Å². The summed E-state index contributed by atoms with van der Waals surface area (Å²) in [5, 5.41) is 17.7. The molecule has 0 spiro atoms. The molecular weight excluding hydrogens is 467 g/mol. The van der Waals surface area contributed by atoms with Gasteiger partial charge in [-0.2, -0.15) is 18.2 Å². The van der Waals surface area contributed by atoms with Crippen molar-refractivity contribution in [1.29, 1.82) is 0 Å². The third-order valence-corrected chi connectivity index (χ3v) is 5.47. The van der Waals surface area contributed by atoms with Crippen LogP contribution in [0.4, 0.5) is 30.6 Å². The minimum Gasteiger partial charge on any atom is -0.493 e. The fourth-order valence-corrected chi connectivity index (χ4v) is 3.95. The number of nitrogens with zero attached hydrogens (tertiary/aromatic N) is 2. The van der Waals surface area contributed by atoms with Crippen molar-refractivity contribution < 1.29 is 32.6 Å². The Morgan fingerprint density at radius 2 is 2.00 bits per heavy atom. The zero-order valence-electron chi connectivity index (χ0n) is 19.6. The highest BCUT2D eigenvalue weighted by Gasteiger charge is 2.39. The van der Waals surface area contributed by atoms with Gasteiger partial charge in [0.2, 0.25) is 11.9 Å². The highest BCUT2D eigenvalue weighted by Crippen LogP contribution is 2.37. The van der Waals surface area contributed by atoms with Gasteiger partial charge in [0.25, 0.3) is 0 Å². The predicted octanol–water partition coefficient (Wildman–Crippen LogP) is 4.44. The minimum absolute atomic E-state index is 0.0555. The number of nitrogens with one attached hydrogen (secondary N) is 3. The number of aromatic carboxylic acids is 1. The smallest absolute Gasteiger partial charge is 0.421 e. The van der Waals surface area contributed by atoms with E-state index in [2.05, 4.69) is 25.9 Å². The summed E-state index contributed by atoms with van der Waals surface area (Å²) in [6.45, 7) is 5.56. The normalized spacial score (nSPS) is 17.8. The van der Waals surface area contributed by atoms with Crippen molar-refractivity contribution >= 4 is 29.3 Å². The summed E-state index contributed by atoms with van der Waals surface area (Å²) >= 11 is 0. The van der Waals surface area contributed by atoms with Gasteiger partial charge in [0.1, 0.15) is 22.7 Å². The molecule has 9 nitrogen and oxygen atoms in total. The van der Waals surface area contributed by atoms with Crippen molar-refractivity contribution in [2.75, 3.05) is 17.2 Å². The number of anilines is 3. The maximum Gasteiger partial charge on any atom is 0.421 e. The third kappa shape index (κ3) is 6.52. The van der Waals surface area contributed by atoms with Crippen LogP contribution >= 0.6 is 0 Å². The molecule has 3 rings (SSSR count). The Balaban J connectivity index is 1.89. The first-order valence-corrected chi connectivity index (χ1v) is 11.3. The largest absolute Gasteiger partial charge is 0.493 e. The van der Waals surface area contributed by atoms with E-state index in [1.807, 2.05) is 13.8 Å². The summed E-state index contributed by atoms with van der Waals surface area (Å²) in [5.74, 6) is -2.34. The highest BCUT2D eigenvalue weighted by atomic mass is 19.4. The Kier molecular flexibility index (Phi) is 8.03. The lowest BCUT2D eigenvalue weighted by atomic mass is 10.0.